The van der Waals surface area contributed by atoms with Crippen molar-refractivity contribution in [3.63, 3.8) is 0 Å². The van der Waals surface area contributed by atoms with Crippen LogP contribution in [0.25, 0.3) is 12.2 Å². The zero-order chi connectivity index (χ0) is 13.5. The van der Waals surface area contributed by atoms with Crippen molar-refractivity contribution in [1.29, 1.82) is 0 Å². The Labute approximate surface area is 113 Å². The highest BCUT2D eigenvalue weighted by Crippen LogP contribution is 2.14. The van der Waals surface area contributed by atoms with Gasteiger partial charge in [-0.3, -0.25) is 4.79 Å². The number of rotatable bonds is 5. The number of hydrogen-bond donors (Lipinski definition) is 0. The van der Waals surface area contributed by atoms with Gasteiger partial charge in [0.15, 0.2) is 0 Å². The molecule has 0 aliphatic carbocycles. The molecule has 0 radical (unpaired) electrons. The highest BCUT2D eigenvalue weighted by molar-refractivity contribution is 5.78. The Kier molecular flexibility index (Phi) is 4.51. The van der Waals surface area contributed by atoms with E-state index in [1.807, 2.05) is 61.5 Å². The molecule has 96 valence electrons. The minimum Gasteiger partial charge on any atom is -0.494 e. The average Bonchev–Trinajstić information content (AvgIpc) is 2.47. The lowest BCUT2D eigenvalue weighted by molar-refractivity contribution is 0.112. The van der Waals surface area contributed by atoms with Crippen molar-refractivity contribution in [3.05, 3.63) is 65.2 Å². The summed E-state index contributed by atoms with van der Waals surface area (Å²) in [6.45, 7) is 2.64. The summed E-state index contributed by atoms with van der Waals surface area (Å²) in [6, 6.07) is 15.4. The first-order chi connectivity index (χ1) is 9.31. The molecule has 0 fully saturated rings. The Balaban J connectivity index is 2.10. The topological polar surface area (TPSA) is 26.3 Å². The molecule has 0 atom stereocenters. The quantitative estimate of drug-likeness (QED) is 0.592. The Morgan fingerprint density at radius 2 is 1.63 bits per heavy atom. The van der Waals surface area contributed by atoms with Gasteiger partial charge in [-0.25, -0.2) is 0 Å². The third-order valence-electron chi connectivity index (χ3n) is 2.71. The molecule has 2 nitrogen and oxygen atoms in total. The van der Waals surface area contributed by atoms with Crippen LogP contribution in [-0.2, 0) is 0 Å². The van der Waals surface area contributed by atoms with Crippen LogP contribution in [0.1, 0.15) is 28.4 Å². The Hall–Kier alpha value is -2.35. The third kappa shape index (κ3) is 3.81. The second kappa shape index (κ2) is 6.55. The second-order valence-corrected chi connectivity index (χ2v) is 4.12. The lowest BCUT2D eigenvalue weighted by atomic mass is 10.1. The molecule has 0 N–H and O–H groups in total. The van der Waals surface area contributed by atoms with Crippen LogP contribution in [0.15, 0.2) is 48.5 Å². The van der Waals surface area contributed by atoms with Crippen molar-refractivity contribution in [2.45, 2.75) is 6.92 Å². The molecule has 2 aromatic rings. The van der Waals surface area contributed by atoms with Crippen LogP contribution >= 0.6 is 0 Å². The molecule has 0 bridgehead atoms. The molecule has 0 saturated heterocycles. The first kappa shape index (κ1) is 13.1. The molecule has 0 spiro atoms. The molecule has 0 heterocycles. The van der Waals surface area contributed by atoms with Crippen molar-refractivity contribution in [2.24, 2.45) is 0 Å². The molecule has 0 aliphatic heterocycles. The van der Waals surface area contributed by atoms with Gasteiger partial charge in [-0.15, -0.1) is 0 Å². The van der Waals surface area contributed by atoms with Gasteiger partial charge >= 0.3 is 0 Å². The number of carbonyl (C=O) groups excluding carboxylic acids is 1. The summed E-state index contributed by atoms with van der Waals surface area (Å²) in [5.41, 5.74) is 2.80. The van der Waals surface area contributed by atoms with E-state index < -0.39 is 0 Å². The summed E-state index contributed by atoms with van der Waals surface area (Å²) in [5.74, 6) is 0.877. The molecule has 0 amide bonds. The monoisotopic (exact) mass is 252 g/mol. The van der Waals surface area contributed by atoms with Gasteiger partial charge in [0.25, 0.3) is 0 Å². The predicted octanol–water partition coefficient (Wildman–Crippen LogP) is 4.07. The summed E-state index contributed by atoms with van der Waals surface area (Å²) in [5, 5.41) is 0. The lowest BCUT2D eigenvalue weighted by Crippen LogP contribution is -1.90. The van der Waals surface area contributed by atoms with Gasteiger partial charge in [0.1, 0.15) is 12.0 Å². The summed E-state index contributed by atoms with van der Waals surface area (Å²) in [7, 11) is 0. The highest BCUT2D eigenvalue weighted by atomic mass is 16.5. The zero-order valence-corrected chi connectivity index (χ0v) is 10.9. The fourth-order valence-electron chi connectivity index (χ4n) is 1.77. The van der Waals surface area contributed by atoms with Crippen molar-refractivity contribution >= 4 is 18.4 Å². The Morgan fingerprint density at radius 1 is 0.947 bits per heavy atom. The van der Waals surface area contributed by atoms with Crippen molar-refractivity contribution < 1.29 is 9.53 Å². The van der Waals surface area contributed by atoms with Crippen LogP contribution in [0.4, 0.5) is 0 Å². The van der Waals surface area contributed by atoms with E-state index >= 15 is 0 Å². The first-order valence-electron chi connectivity index (χ1n) is 6.28. The van der Waals surface area contributed by atoms with Crippen molar-refractivity contribution in [1.82, 2.24) is 0 Å². The molecule has 2 rings (SSSR count). The normalized spacial score (nSPS) is 10.6. The largest absolute Gasteiger partial charge is 0.494 e. The van der Waals surface area contributed by atoms with Crippen LogP contribution < -0.4 is 4.74 Å². The zero-order valence-electron chi connectivity index (χ0n) is 10.9. The number of carbonyl (C=O) groups is 1. The van der Waals surface area contributed by atoms with Gasteiger partial charge in [-0.05, 0) is 36.2 Å². The van der Waals surface area contributed by atoms with E-state index in [1.54, 1.807) is 6.07 Å². The SMILES string of the molecule is CCOc1ccc(C=Cc2cccc(C=O)c2)cc1. The number of hydrogen-bond acceptors (Lipinski definition) is 2. The summed E-state index contributed by atoms with van der Waals surface area (Å²) < 4.78 is 5.39. The number of ether oxygens (including phenoxy) is 1. The molecular formula is C17H16O2. The molecule has 2 heteroatoms. The van der Waals surface area contributed by atoms with Gasteiger partial charge in [0.05, 0.1) is 6.61 Å². The van der Waals surface area contributed by atoms with Crippen molar-refractivity contribution in [2.75, 3.05) is 6.61 Å². The smallest absolute Gasteiger partial charge is 0.150 e. The lowest BCUT2D eigenvalue weighted by Gasteiger charge is -2.02. The fraction of sp³-hybridized carbons (Fsp3) is 0.118. The van der Waals surface area contributed by atoms with Crippen LogP contribution in [0.5, 0.6) is 5.75 Å². The van der Waals surface area contributed by atoms with Crippen LogP contribution in [0.2, 0.25) is 0 Å². The molecular weight excluding hydrogens is 236 g/mol. The van der Waals surface area contributed by atoms with Gasteiger partial charge in [-0.1, -0.05) is 42.5 Å². The summed E-state index contributed by atoms with van der Waals surface area (Å²) >= 11 is 0. The van der Waals surface area contributed by atoms with E-state index in [0.717, 1.165) is 23.2 Å². The van der Waals surface area contributed by atoms with Crippen molar-refractivity contribution in [3.8, 4) is 5.75 Å². The molecule has 2 aromatic carbocycles. The average molecular weight is 252 g/mol. The standard InChI is InChI=1S/C17H16O2/c1-2-19-17-10-8-14(9-11-17)6-7-15-4-3-5-16(12-15)13-18/h3-13H,2H2,1H3. The van der Waals surface area contributed by atoms with E-state index in [0.29, 0.717) is 12.2 Å². The molecule has 0 aliphatic rings. The maximum atomic E-state index is 10.7. The molecule has 0 aromatic heterocycles. The predicted molar refractivity (Wildman–Crippen MR) is 78.4 cm³/mol. The van der Waals surface area contributed by atoms with Gasteiger partial charge in [0.2, 0.25) is 0 Å². The minimum atomic E-state index is 0.674. The van der Waals surface area contributed by atoms with Crippen LogP contribution in [0.3, 0.4) is 0 Å². The first-order valence-corrected chi connectivity index (χ1v) is 6.28. The highest BCUT2D eigenvalue weighted by Gasteiger charge is 1.93. The van der Waals surface area contributed by atoms with Gasteiger partial charge in [-0.2, -0.15) is 0 Å². The summed E-state index contributed by atoms with van der Waals surface area (Å²) in [4.78, 5) is 10.7. The number of benzene rings is 2. The fourth-order valence-corrected chi connectivity index (χ4v) is 1.77. The van der Waals surface area contributed by atoms with E-state index in [1.165, 1.54) is 0 Å². The number of aldehydes is 1. The second-order valence-electron chi connectivity index (χ2n) is 4.12. The third-order valence-corrected chi connectivity index (χ3v) is 2.71. The maximum absolute atomic E-state index is 10.7. The van der Waals surface area contributed by atoms with E-state index in [-0.39, 0.29) is 0 Å². The molecule has 19 heavy (non-hydrogen) atoms. The van der Waals surface area contributed by atoms with Crippen LogP contribution in [-0.4, -0.2) is 12.9 Å². The van der Waals surface area contributed by atoms with Gasteiger partial charge in [0, 0.05) is 5.56 Å². The Morgan fingerprint density at radius 3 is 2.32 bits per heavy atom. The maximum Gasteiger partial charge on any atom is 0.150 e. The van der Waals surface area contributed by atoms with Gasteiger partial charge < -0.3 is 4.74 Å². The molecule has 0 saturated carbocycles. The Bertz CT molecular complexity index is 568. The van der Waals surface area contributed by atoms with E-state index in [4.69, 9.17) is 4.74 Å². The summed E-state index contributed by atoms with van der Waals surface area (Å²) in [6.07, 6.45) is 4.86. The van der Waals surface area contributed by atoms with E-state index in [9.17, 15) is 4.79 Å². The minimum absolute atomic E-state index is 0.674. The molecule has 0 unspecified atom stereocenters. The van der Waals surface area contributed by atoms with E-state index in [2.05, 4.69) is 0 Å². The van der Waals surface area contributed by atoms with Crippen LogP contribution in [0, 0.1) is 0 Å².